The van der Waals surface area contributed by atoms with Crippen molar-refractivity contribution in [3.63, 3.8) is 0 Å². The van der Waals surface area contributed by atoms with Crippen molar-refractivity contribution in [2.24, 2.45) is 0 Å². The first-order chi connectivity index (χ1) is 12.6. The van der Waals surface area contributed by atoms with Crippen LogP contribution in [0, 0.1) is 6.92 Å². The average molecular weight is 388 g/mol. The number of halogens is 1. The summed E-state index contributed by atoms with van der Waals surface area (Å²) in [6.07, 6.45) is -0.240. The van der Waals surface area contributed by atoms with Crippen molar-refractivity contribution >= 4 is 23.4 Å². The molecule has 0 aliphatic heterocycles. The number of aryl methyl sites for hydroxylation is 1. The molecule has 0 radical (unpaired) electrons. The van der Waals surface area contributed by atoms with Gasteiger partial charge in [-0.05, 0) is 38.5 Å². The van der Waals surface area contributed by atoms with Crippen molar-refractivity contribution in [2.75, 3.05) is 0 Å². The molecule has 1 heterocycles. The Morgan fingerprint density at radius 1 is 1.12 bits per heavy atom. The van der Waals surface area contributed by atoms with Gasteiger partial charge in [-0.15, -0.1) is 10.2 Å². The summed E-state index contributed by atoms with van der Waals surface area (Å²) in [5.74, 6) is 2.32. The van der Waals surface area contributed by atoms with E-state index in [1.807, 2.05) is 31.2 Å². The predicted molar refractivity (Wildman–Crippen MR) is 107 cm³/mol. The number of nitrogens with zero attached hydrogens (tertiary/aromatic N) is 3. The third kappa shape index (κ3) is 4.40. The maximum absolute atomic E-state index is 6.19. The fraction of sp³-hybridized carbons (Fsp3) is 0.300. The molecule has 1 aromatic heterocycles. The summed E-state index contributed by atoms with van der Waals surface area (Å²) < 4.78 is 8.10. The van der Waals surface area contributed by atoms with Gasteiger partial charge in [0.2, 0.25) is 0 Å². The van der Waals surface area contributed by atoms with Crippen LogP contribution < -0.4 is 4.74 Å². The smallest absolute Gasteiger partial charge is 0.191 e. The van der Waals surface area contributed by atoms with E-state index >= 15 is 0 Å². The van der Waals surface area contributed by atoms with E-state index in [1.54, 1.807) is 11.8 Å². The minimum absolute atomic E-state index is 0.240. The third-order valence-corrected chi connectivity index (χ3v) is 5.40. The Bertz CT molecular complexity index is 864. The summed E-state index contributed by atoms with van der Waals surface area (Å²) >= 11 is 7.88. The van der Waals surface area contributed by atoms with Crippen molar-refractivity contribution in [3.05, 3.63) is 70.5 Å². The quantitative estimate of drug-likeness (QED) is 0.488. The van der Waals surface area contributed by atoms with Crippen molar-refractivity contribution in [1.82, 2.24) is 14.8 Å². The minimum atomic E-state index is -0.240. The third-order valence-electron chi connectivity index (χ3n) is 4.05. The van der Waals surface area contributed by atoms with Crippen LogP contribution in [-0.2, 0) is 12.3 Å². The normalized spacial score (nSPS) is 12.2. The molecule has 0 aliphatic carbocycles. The highest BCUT2D eigenvalue weighted by atomic mass is 35.5. The molecule has 0 aliphatic rings. The standard InChI is InChI=1S/C20H22ClN3OS/c1-4-24-19(15(3)25-18-8-6-5-7-17(18)21)22-23-20(24)26-13-16-11-9-14(2)10-12-16/h5-12,15H,4,13H2,1-3H3. The number of hydrogen-bond acceptors (Lipinski definition) is 4. The van der Waals surface area contributed by atoms with Gasteiger partial charge in [-0.1, -0.05) is 65.3 Å². The lowest BCUT2D eigenvalue weighted by Gasteiger charge is -2.16. The van der Waals surface area contributed by atoms with Gasteiger partial charge in [-0.25, -0.2) is 0 Å². The molecule has 3 rings (SSSR count). The van der Waals surface area contributed by atoms with E-state index in [9.17, 15) is 0 Å². The Morgan fingerprint density at radius 2 is 1.85 bits per heavy atom. The highest BCUT2D eigenvalue weighted by molar-refractivity contribution is 7.98. The first-order valence-electron chi connectivity index (χ1n) is 8.61. The number of rotatable bonds is 7. The van der Waals surface area contributed by atoms with Crippen LogP contribution >= 0.6 is 23.4 Å². The minimum Gasteiger partial charge on any atom is -0.481 e. The Kier molecular flexibility index (Phi) is 6.22. The first-order valence-corrected chi connectivity index (χ1v) is 9.97. The lowest BCUT2D eigenvalue weighted by Crippen LogP contribution is -2.12. The van der Waals surface area contributed by atoms with Crippen molar-refractivity contribution in [1.29, 1.82) is 0 Å². The zero-order chi connectivity index (χ0) is 18.5. The van der Waals surface area contributed by atoms with Gasteiger partial charge in [-0.3, -0.25) is 0 Å². The fourth-order valence-corrected chi connectivity index (χ4v) is 3.77. The Morgan fingerprint density at radius 3 is 2.54 bits per heavy atom. The van der Waals surface area contributed by atoms with Crippen molar-refractivity contribution < 1.29 is 4.74 Å². The van der Waals surface area contributed by atoms with Crippen LogP contribution in [0.1, 0.15) is 36.9 Å². The van der Waals surface area contributed by atoms with Crippen LogP contribution in [0.4, 0.5) is 0 Å². The number of benzene rings is 2. The number of ether oxygens (including phenoxy) is 1. The zero-order valence-electron chi connectivity index (χ0n) is 15.1. The summed E-state index contributed by atoms with van der Waals surface area (Å²) in [6, 6.07) is 16.0. The van der Waals surface area contributed by atoms with Crippen LogP contribution in [0.3, 0.4) is 0 Å². The summed E-state index contributed by atoms with van der Waals surface area (Å²) in [7, 11) is 0. The van der Waals surface area contributed by atoms with Crippen molar-refractivity contribution in [3.8, 4) is 5.75 Å². The second kappa shape index (κ2) is 8.60. The number of aromatic nitrogens is 3. The van der Waals surface area contributed by atoms with Gasteiger partial charge in [0.25, 0.3) is 0 Å². The highest BCUT2D eigenvalue weighted by Crippen LogP contribution is 2.30. The summed E-state index contributed by atoms with van der Waals surface area (Å²) in [4.78, 5) is 0. The van der Waals surface area contributed by atoms with Gasteiger partial charge in [0.15, 0.2) is 17.1 Å². The molecule has 1 unspecified atom stereocenters. The van der Waals surface area contributed by atoms with Crippen LogP contribution in [0.5, 0.6) is 5.75 Å². The molecule has 3 aromatic rings. The van der Waals surface area contributed by atoms with Crippen molar-refractivity contribution in [2.45, 2.75) is 44.3 Å². The molecular weight excluding hydrogens is 366 g/mol. The Hall–Kier alpha value is -1.98. The van der Waals surface area contributed by atoms with E-state index in [2.05, 4.69) is 52.9 Å². The predicted octanol–water partition coefficient (Wildman–Crippen LogP) is 5.69. The van der Waals surface area contributed by atoms with Crippen LogP contribution in [0.2, 0.25) is 5.02 Å². The van der Waals surface area contributed by atoms with Crippen LogP contribution in [-0.4, -0.2) is 14.8 Å². The second-order valence-electron chi connectivity index (χ2n) is 6.05. The average Bonchev–Trinajstić information content (AvgIpc) is 3.06. The van der Waals surface area contributed by atoms with Gasteiger partial charge in [0, 0.05) is 12.3 Å². The Balaban J connectivity index is 1.72. The monoisotopic (exact) mass is 387 g/mol. The van der Waals surface area contributed by atoms with E-state index in [4.69, 9.17) is 16.3 Å². The molecule has 0 N–H and O–H groups in total. The van der Waals surface area contributed by atoms with Gasteiger partial charge in [0.1, 0.15) is 5.75 Å². The molecule has 6 heteroatoms. The van der Waals surface area contributed by atoms with Gasteiger partial charge >= 0.3 is 0 Å². The zero-order valence-corrected chi connectivity index (χ0v) is 16.7. The molecule has 0 saturated carbocycles. The molecule has 2 aromatic carbocycles. The van der Waals surface area contributed by atoms with Gasteiger partial charge < -0.3 is 9.30 Å². The first kappa shape index (κ1) is 18.8. The van der Waals surface area contributed by atoms with E-state index in [0.29, 0.717) is 10.8 Å². The molecule has 1 atom stereocenters. The molecule has 0 fully saturated rings. The maximum atomic E-state index is 6.19. The summed E-state index contributed by atoms with van der Waals surface area (Å²) in [5.41, 5.74) is 2.54. The largest absolute Gasteiger partial charge is 0.481 e. The topological polar surface area (TPSA) is 39.9 Å². The summed E-state index contributed by atoms with van der Waals surface area (Å²) in [6.45, 7) is 6.94. The van der Waals surface area contributed by atoms with Gasteiger partial charge in [0.05, 0.1) is 5.02 Å². The Labute approximate surface area is 163 Å². The molecule has 0 amide bonds. The van der Waals surface area contributed by atoms with E-state index in [0.717, 1.165) is 23.3 Å². The van der Waals surface area contributed by atoms with E-state index in [1.165, 1.54) is 11.1 Å². The molecular formula is C20H22ClN3OS. The van der Waals surface area contributed by atoms with Gasteiger partial charge in [-0.2, -0.15) is 0 Å². The molecule has 0 bridgehead atoms. The van der Waals surface area contributed by atoms with E-state index < -0.39 is 0 Å². The van der Waals surface area contributed by atoms with Crippen LogP contribution in [0.15, 0.2) is 53.7 Å². The molecule has 26 heavy (non-hydrogen) atoms. The fourth-order valence-electron chi connectivity index (χ4n) is 2.62. The second-order valence-corrected chi connectivity index (χ2v) is 7.40. The van der Waals surface area contributed by atoms with E-state index in [-0.39, 0.29) is 6.10 Å². The number of para-hydroxylation sites is 1. The maximum Gasteiger partial charge on any atom is 0.191 e. The number of hydrogen-bond donors (Lipinski definition) is 0. The molecule has 136 valence electrons. The lowest BCUT2D eigenvalue weighted by molar-refractivity contribution is 0.210. The molecule has 0 spiro atoms. The molecule has 0 saturated heterocycles. The lowest BCUT2D eigenvalue weighted by atomic mass is 10.2. The summed E-state index contributed by atoms with van der Waals surface area (Å²) in [5, 5.41) is 10.2. The SMILES string of the molecule is CCn1c(SCc2ccc(C)cc2)nnc1C(C)Oc1ccccc1Cl. The molecule has 4 nitrogen and oxygen atoms in total. The number of thioether (sulfide) groups is 1. The highest BCUT2D eigenvalue weighted by Gasteiger charge is 2.19. The van der Waals surface area contributed by atoms with Crippen LogP contribution in [0.25, 0.3) is 0 Å².